The first-order valence-electron chi connectivity index (χ1n) is 14.9. The molecule has 7 rings (SSSR count). The van der Waals surface area contributed by atoms with Crippen molar-refractivity contribution in [3.8, 4) is 40.0 Å². The molecule has 0 bridgehead atoms. The summed E-state index contributed by atoms with van der Waals surface area (Å²) in [4.78, 5) is 40.7. The van der Waals surface area contributed by atoms with Gasteiger partial charge in [0.25, 0.3) is 5.56 Å². The van der Waals surface area contributed by atoms with E-state index >= 15 is 0 Å². The fraction of sp³-hybridized carbons (Fsp3) is 0.312. The van der Waals surface area contributed by atoms with Gasteiger partial charge in [0.2, 0.25) is 5.88 Å². The van der Waals surface area contributed by atoms with E-state index in [2.05, 4.69) is 30.0 Å². The number of aryl methyl sites for hydroxylation is 1. The third kappa shape index (κ3) is 5.51. The Labute approximate surface area is 266 Å². The van der Waals surface area contributed by atoms with Crippen LogP contribution in [-0.2, 0) is 19.8 Å². The molecule has 6 aromatic rings. The molecule has 1 fully saturated rings. The van der Waals surface area contributed by atoms with Crippen molar-refractivity contribution in [2.24, 2.45) is 7.05 Å². The molecule has 15 heteroatoms. The summed E-state index contributed by atoms with van der Waals surface area (Å²) in [7, 11) is 3.22. The highest BCUT2D eigenvalue weighted by Gasteiger charge is 2.35. The van der Waals surface area contributed by atoms with Gasteiger partial charge in [-0.3, -0.25) is 9.36 Å². The maximum atomic E-state index is 14.2. The lowest BCUT2D eigenvalue weighted by atomic mass is 10.1. The molecule has 0 N–H and O–H groups in total. The zero-order chi connectivity index (χ0) is 33.0. The van der Waals surface area contributed by atoms with Gasteiger partial charge in [-0.05, 0) is 38.3 Å². The molecule has 1 saturated carbocycles. The predicted octanol–water partition coefficient (Wildman–Crippen LogP) is 5.44. The number of alkyl halides is 3. The monoisotopic (exact) mass is 642 g/mol. The number of ether oxygens (including phenoxy) is 1. The summed E-state index contributed by atoms with van der Waals surface area (Å²) < 4.78 is 50.6. The number of halogens is 3. The number of methoxy groups -OCH3 is 1. The second kappa shape index (κ2) is 11.4. The smallest absolute Gasteiger partial charge is 0.434 e. The standard InChI is InChI=1S/C32H29F3N10O2/c1-17(2)44-14-23(32(33,34)35)41-27(44)20-7-5-18(6-8-20)13-45-28-21(11-22(31(45)46)29-38-16-40-43(29)3)12-36-26(42-28)24-25(19-9-10-19)37-15-39-30(24)47-4/h5-8,11-12,14-17,19H,9-10,13H2,1-4H3. The van der Waals surface area contributed by atoms with Crippen molar-refractivity contribution in [1.29, 1.82) is 0 Å². The van der Waals surface area contributed by atoms with Gasteiger partial charge in [-0.2, -0.15) is 18.3 Å². The third-order valence-electron chi connectivity index (χ3n) is 8.13. The Morgan fingerprint density at radius 1 is 1.00 bits per heavy atom. The number of pyridine rings is 1. The molecule has 240 valence electrons. The van der Waals surface area contributed by atoms with Crippen LogP contribution in [0, 0.1) is 0 Å². The van der Waals surface area contributed by atoms with Gasteiger partial charge in [-0.1, -0.05) is 24.3 Å². The average molecular weight is 643 g/mol. The molecule has 0 atom stereocenters. The van der Waals surface area contributed by atoms with Gasteiger partial charge in [0, 0.05) is 42.4 Å². The number of rotatable bonds is 8. The number of fused-ring (bicyclic) bond motifs is 1. The number of hydrogen-bond acceptors (Lipinski definition) is 9. The fourth-order valence-electron chi connectivity index (χ4n) is 5.62. The molecular formula is C32H29F3N10O2. The molecule has 0 spiro atoms. The van der Waals surface area contributed by atoms with Gasteiger partial charge in [-0.15, -0.1) is 0 Å². The summed E-state index contributed by atoms with van der Waals surface area (Å²) in [6, 6.07) is 8.36. The van der Waals surface area contributed by atoms with Crippen LogP contribution in [0.1, 0.15) is 55.6 Å². The Hall–Kier alpha value is -5.47. The van der Waals surface area contributed by atoms with Crippen LogP contribution in [0.5, 0.6) is 5.88 Å². The Kier molecular flexibility index (Phi) is 7.33. The number of hydrogen-bond donors (Lipinski definition) is 0. The van der Waals surface area contributed by atoms with Crippen molar-refractivity contribution < 1.29 is 17.9 Å². The van der Waals surface area contributed by atoms with Crippen molar-refractivity contribution >= 4 is 11.0 Å². The van der Waals surface area contributed by atoms with E-state index in [1.807, 2.05) is 0 Å². The second-order valence-electron chi connectivity index (χ2n) is 11.7. The molecule has 0 saturated heterocycles. The van der Waals surface area contributed by atoms with Crippen LogP contribution in [0.25, 0.3) is 45.2 Å². The Balaban J connectivity index is 1.35. The molecule has 1 aliphatic rings. The van der Waals surface area contributed by atoms with Crippen LogP contribution in [0.2, 0.25) is 0 Å². The first-order chi connectivity index (χ1) is 22.5. The number of benzene rings is 1. The minimum Gasteiger partial charge on any atom is -0.480 e. The summed E-state index contributed by atoms with van der Waals surface area (Å²) in [6.07, 6.45) is 2.89. The topological polar surface area (TPSA) is 131 Å². The molecule has 0 unspecified atom stereocenters. The van der Waals surface area contributed by atoms with Gasteiger partial charge in [0.1, 0.15) is 29.7 Å². The normalized spacial score (nSPS) is 13.5. The van der Waals surface area contributed by atoms with Crippen LogP contribution in [0.4, 0.5) is 13.2 Å². The summed E-state index contributed by atoms with van der Waals surface area (Å²) in [5.74, 6) is 1.50. The van der Waals surface area contributed by atoms with E-state index in [1.54, 1.807) is 57.4 Å². The maximum absolute atomic E-state index is 14.2. The highest BCUT2D eigenvalue weighted by Crippen LogP contribution is 2.45. The molecule has 1 aromatic carbocycles. The van der Waals surface area contributed by atoms with E-state index in [-0.39, 0.29) is 29.9 Å². The van der Waals surface area contributed by atoms with Gasteiger partial charge >= 0.3 is 6.18 Å². The van der Waals surface area contributed by atoms with E-state index < -0.39 is 11.9 Å². The summed E-state index contributed by atoms with van der Waals surface area (Å²) in [5, 5.41) is 4.72. The first-order valence-corrected chi connectivity index (χ1v) is 14.9. The molecular weight excluding hydrogens is 613 g/mol. The van der Waals surface area contributed by atoms with Crippen LogP contribution in [-0.4, -0.2) is 55.9 Å². The zero-order valence-electron chi connectivity index (χ0n) is 25.9. The van der Waals surface area contributed by atoms with E-state index in [0.29, 0.717) is 50.8 Å². The van der Waals surface area contributed by atoms with E-state index in [4.69, 9.17) is 9.72 Å². The van der Waals surface area contributed by atoms with Crippen LogP contribution < -0.4 is 10.3 Å². The SMILES string of the molecule is COc1ncnc(C2CC2)c1-c1ncc2cc(-c3ncnn3C)c(=O)n(Cc3ccc(-c4nc(C(F)(F)F)cn4C(C)C)cc3)c2n1. The van der Waals surface area contributed by atoms with Crippen molar-refractivity contribution in [3.05, 3.63) is 82.7 Å². The van der Waals surface area contributed by atoms with Crippen LogP contribution >= 0.6 is 0 Å². The van der Waals surface area contributed by atoms with Crippen molar-refractivity contribution in [2.45, 2.75) is 51.4 Å². The van der Waals surface area contributed by atoms with Crippen molar-refractivity contribution in [2.75, 3.05) is 7.11 Å². The van der Waals surface area contributed by atoms with Gasteiger partial charge in [-0.25, -0.2) is 34.6 Å². The zero-order valence-corrected chi connectivity index (χ0v) is 25.9. The van der Waals surface area contributed by atoms with Crippen molar-refractivity contribution in [3.63, 3.8) is 0 Å². The first kappa shape index (κ1) is 30.2. The number of nitrogens with zero attached hydrogens (tertiary/aromatic N) is 10. The van der Waals surface area contributed by atoms with Crippen LogP contribution in [0.15, 0.2) is 60.2 Å². The van der Waals surface area contributed by atoms with Gasteiger partial charge in [0.05, 0.1) is 24.9 Å². The quantitative estimate of drug-likeness (QED) is 0.213. The van der Waals surface area contributed by atoms with Gasteiger partial charge in [0.15, 0.2) is 17.3 Å². The van der Waals surface area contributed by atoms with E-state index in [0.717, 1.165) is 24.7 Å². The largest absolute Gasteiger partial charge is 0.480 e. The summed E-state index contributed by atoms with van der Waals surface area (Å²) in [5.41, 5.74) is 1.97. The highest BCUT2D eigenvalue weighted by molar-refractivity contribution is 5.82. The Morgan fingerprint density at radius 3 is 2.40 bits per heavy atom. The second-order valence-corrected chi connectivity index (χ2v) is 11.7. The summed E-state index contributed by atoms with van der Waals surface area (Å²) in [6.45, 7) is 3.69. The molecule has 0 amide bonds. The lowest BCUT2D eigenvalue weighted by molar-refractivity contribution is -0.140. The molecule has 5 aromatic heterocycles. The minimum absolute atomic E-state index is 0.0993. The number of aromatic nitrogens is 10. The third-order valence-corrected chi connectivity index (χ3v) is 8.13. The lowest BCUT2D eigenvalue weighted by Gasteiger charge is -2.15. The molecule has 12 nitrogen and oxygen atoms in total. The Bertz CT molecular complexity index is 2180. The highest BCUT2D eigenvalue weighted by atomic mass is 19.4. The molecule has 0 radical (unpaired) electrons. The molecule has 5 heterocycles. The van der Waals surface area contributed by atoms with Gasteiger partial charge < -0.3 is 9.30 Å². The average Bonchev–Trinajstić information content (AvgIpc) is 3.64. The lowest BCUT2D eigenvalue weighted by Crippen LogP contribution is -2.24. The Morgan fingerprint density at radius 2 is 1.77 bits per heavy atom. The van der Waals surface area contributed by atoms with E-state index in [1.165, 1.54) is 33.6 Å². The predicted molar refractivity (Wildman–Crippen MR) is 165 cm³/mol. The minimum atomic E-state index is -4.57. The number of imidazole rings is 1. The fourth-order valence-corrected chi connectivity index (χ4v) is 5.62. The van der Waals surface area contributed by atoms with E-state index in [9.17, 15) is 18.0 Å². The van der Waals surface area contributed by atoms with Crippen LogP contribution in [0.3, 0.4) is 0 Å². The molecule has 47 heavy (non-hydrogen) atoms. The molecule has 1 aliphatic carbocycles. The summed E-state index contributed by atoms with van der Waals surface area (Å²) >= 11 is 0. The maximum Gasteiger partial charge on any atom is 0.434 e. The molecule has 0 aliphatic heterocycles. The van der Waals surface area contributed by atoms with Crippen molar-refractivity contribution in [1.82, 2.24) is 48.8 Å².